The van der Waals surface area contributed by atoms with Crippen LogP contribution in [-0.2, 0) is 39.9 Å². The van der Waals surface area contributed by atoms with Crippen LogP contribution < -0.4 is 31.3 Å². The Kier molecular flexibility index (Phi) is 14.0. The highest BCUT2D eigenvalue weighted by molar-refractivity contribution is 5.96. The number of carbonyl (C=O) groups is 6. The fourth-order valence-corrected chi connectivity index (χ4v) is 4.85. The van der Waals surface area contributed by atoms with Gasteiger partial charge in [-0.2, -0.15) is 0 Å². The maximum Gasteiger partial charge on any atom is 0.328 e. The predicted molar refractivity (Wildman–Crippen MR) is 171 cm³/mol. The highest BCUT2D eigenvalue weighted by Gasteiger charge is 2.34. The maximum atomic E-state index is 13.7. The minimum atomic E-state index is -1.18. The van der Waals surface area contributed by atoms with E-state index in [1.54, 1.807) is 38.1 Å². The van der Waals surface area contributed by atoms with Crippen LogP contribution in [0.5, 0.6) is 5.75 Å². The molecule has 46 heavy (non-hydrogen) atoms. The SMILES string of the molecule is COC(=O)C1CCC(=O)N[C@@H](CC(C)C)C(=O)N[C@@H](C)C(=O)N[C@@H](Cc2ccc(OC(C)(C)C)cc2)C(=O)N[C@@H](C(C)C)C(=O)N1. The molecule has 1 heterocycles. The number of hydrogen-bond acceptors (Lipinski definition) is 8. The van der Waals surface area contributed by atoms with Crippen molar-refractivity contribution in [3.05, 3.63) is 29.8 Å². The summed E-state index contributed by atoms with van der Waals surface area (Å²) in [6.45, 7) is 14.5. The van der Waals surface area contributed by atoms with E-state index in [0.717, 1.165) is 7.11 Å². The largest absolute Gasteiger partial charge is 0.488 e. The summed E-state index contributed by atoms with van der Waals surface area (Å²) in [6.07, 6.45) is 0.0573. The van der Waals surface area contributed by atoms with Crippen molar-refractivity contribution in [2.45, 2.75) is 117 Å². The summed E-state index contributed by atoms with van der Waals surface area (Å²) in [6, 6.07) is 1.68. The lowest BCUT2D eigenvalue weighted by Crippen LogP contribution is -2.59. The van der Waals surface area contributed by atoms with Gasteiger partial charge in [0.15, 0.2) is 0 Å². The molecule has 1 saturated heterocycles. The van der Waals surface area contributed by atoms with Crippen LogP contribution in [0.25, 0.3) is 0 Å². The Labute approximate surface area is 271 Å². The molecule has 5 N–H and O–H groups in total. The molecule has 0 spiro atoms. The van der Waals surface area contributed by atoms with Crippen LogP contribution in [0.3, 0.4) is 0 Å². The van der Waals surface area contributed by atoms with Gasteiger partial charge in [0.05, 0.1) is 7.11 Å². The van der Waals surface area contributed by atoms with Crippen LogP contribution in [0.15, 0.2) is 24.3 Å². The Morgan fingerprint density at radius 1 is 0.826 bits per heavy atom. The van der Waals surface area contributed by atoms with Crippen LogP contribution in [0.2, 0.25) is 0 Å². The molecule has 13 nitrogen and oxygen atoms in total. The minimum Gasteiger partial charge on any atom is -0.488 e. The fourth-order valence-electron chi connectivity index (χ4n) is 4.85. The van der Waals surface area contributed by atoms with Crippen molar-refractivity contribution >= 4 is 35.5 Å². The molecule has 0 aliphatic carbocycles. The maximum absolute atomic E-state index is 13.7. The zero-order valence-corrected chi connectivity index (χ0v) is 28.4. The summed E-state index contributed by atoms with van der Waals surface area (Å²) in [5.41, 5.74) is 0.300. The van der Waals surface area contributed by atoms with Crippen LogP contribution in [0.4, 0.5) is 0 Å². The Bertz CT molecular complexity index is 1240. The summed E-state index contributed by atoms with van der Waals surface area (Å²) < 4.78 is 10.7. The summed E-state index contributed by atoms with van der Waals surface area (Å²) >= 11 is 0. The van der Waals surface area contributed by atoms with E-state index >= 15 is 0 Å². The predicted octanol–water partition coefficient (Wildman–Crippen LogP) is 1.52. The van der Waals surface area contributed by atoms with Gasteiger partial charge in [0.1, 0.15) is 41.6 Å². The second kappa shape index (κ2) is 17.0. The number of methoxy groups -OCH3 is 1. The molecule has 5 atom stereocenters. The summed E-state index contributed by atoms with van der Waals surface area (Å²) in [4.78, 5) is 79.1. The van der Waals surface area contributed by atoms with Crippen molar-refractivity contribution in [1.82, 2.24) is 26.6 Å². The average Bonchev–Trinajstić information content (AvgIpc) is 2.95. The highest BCUT2D eigenvalue weighted by atomic mass is 16.5. The second-order valence-corrected chi connectivity index (χ2v) is 13.5. The zero-order chi connectivity index (χ0) is 34.8. The van der Waals surface area contributed by atoms with Gasteiger partial charge in [-0.1, -0.05) is 39.8 Å². The topological polar surface area (TPSA) is 181 Å². The molecule has 13 heteroatoms. The Balaban J connectivity index is 2.48. The molecule has 5 amide bonds. The van der Waals surface area contributed by atoms with Gasteiger partial charge in [0, 0.05) is 12.8 Å². The zero-order valence-electron chi connectivity index (χ0n) is 28.4. The van der Waals surface area contributed by atoms with Gasteiger partial charge in [0.2, 0.25) is 29.5 Å². The summed E-state index contributed by atoms with van der Waals surface area (Å²) in [5.74, 6) is -3.51. The van der Waals surface area contributed by atoms with Gasteiger partial charge in [0.25, 0.3) is 0 Å². The molecule has 1 aromatic carbocycles. The average molecular weight is 646 g/mol. The number of ether oxygens (including phenoxy) is 2. The Hall–Kier alpha value is -4.16. The third kappa shape index (κ3) is 12.3. The summed E-state index contributed by atoms with van der Waals surface area (Å²) in [5, 5.41) is 13.4. The van der Waals surface area contributed by atoms with E-state index in [9.17, 15) is 28.8 Å². The normalized spacial score (nSPS) is 24.2. The molecular weight excluding hydrogens is 594 g/mol. The molecule has 1 aliphatic heterocycles. The molecule has 256 valence electrons. The number of nitrogens with one attached hydrogen (secondary N) is 5. The number of rotatable bonds is 7. The molecule has 0 saturated carbocycles. The first-order valence-electron chi connectivity index (χ1n) is 15.8. The molecule has 1 unspecified atom stereocenters. The van der Waals surface area contributed by atoms with Crippen molar-refractivity contribution in [1.29, 1.82) is 0 Å². The third-order valence-corrected chi connectivity index (χ3v) is 7.24. The second-order valence-electron chi connectivity index (χ2n) is 13.5. The lowest BCUT2D eigenvalue weighted by Gasteiger charge is -2.27. The molecule has 1 aliphatic rings. The molecule has 0 aromatic heterocycles. The van der Waals surface area contributed by atoms with Crippen LogP contribution in [-0.4, -0.2) is 78.4 Å². The van der Waals surface area contributed by atoms with Gasteiger partial charge in [-0.3, -0.25) is 24.0 Å². The van der Waals surface area contributed by atoms with Gasteiger partial charge >= 0.3 is 5.97 Å². The number of esters is 1. The van der Waals surface area contributed by atoms with Gasteiger partial charge < -0.3 is 36.1 Å². The lowest BCUT2D eigenvalue weighted by atomic mass is 10.00. The monoisotopic (exact) mass is 645 g/mol. The molecule has 1 aromatic rings. The van der Waals surface area contributed by atoms with Crippen molar-refractivity contribution < 1.29 is 38.2 Å². The number of amides is 5. The fraction of sp³-hybridized carbons (Fsp3) is 0.636. The van der Waals surface area contributed by atoms with Crippen molar-refractivity contribution in [2.75, 3.05) is 7.11 Å². The highest BCUT2D eigenvalue weighted by Crippen LogP contribution is 2.19. The minimum absolute atomic E-state index is 0.0256. The first-order chi connectivity index (χ1) is 21.4. The third-order valence-electron chi connectivity index (χ3n) is 7.24. The van der Waals surface area contributed by atoms with Crippen molar-refractivity contribution in [2.24, 2.45) is 11.8 Å². The van der Waals surface area contributed by atoms with Crippen molar-refractivity contribution in [3.63, 3.8) is 0 Å². The smallest absolute Gasteiger partial charge is 0.328 e. The molecule has 2 rings (SSSR count). The number of benzene rings is 1. The number of carbonyl (C=O) groups excluding carboxylic acids is 6. The first-order valence-corrected chi connectivity index (χ1v) is 15.8. The van der Waals surface area contributed by atoms with E-state index in [-0.39, 0.29) is 25.2 Å². The standard InChI is InChI=1S/C33H51N5O8/c1-18(2)16-24-29(41)34-20(5)28(40)37-25(17-21-10-12-22(13-11-21)46-33(6,7)8)30(42)38-27(19(3)4)31(43)36-23(32(44)45-9)14-15-26(39)35-24/h10-13,18-20,23-25,27H,14-17H2,1-9H3,(H,34,41)(H,35,39)(H,36,43)(H,37,40)(H,38,42)/t20-,23?,24-,25-,27-/m0/s1. The van der Waals surface area contributed by atoms with Crippen LogP contribution in [0, 0.1) is 11.8 Å². The quantitative estimate of drug-likeness (QED) is 0.277. The Morgan fingerprint density at radius 2 is 1.43 bits per heavy atom. The van der Waals surface area contributed by atoms with Gasteiger partial charge in [-0.05, 0) is 70.1 Å². The van der Waals surface area contributed by atoms with Crippen LogP contribution in [0.1, 0.15) is 80.2 Å². The van der Waals surface area contributed by atoms with E-state index in [1.807, 2.05) is 34.6 Å². The van der Waals surface area contributed by atoms with E-state index in [1.165, 1.54) is 6.92 Å². The van der Waals surface area contributed by atoms with Crippen LogP contribution >= 0.6 is 0 Å². The van der Waals surface area contributed by atoms with Gasteiger partial charge in [-0.15, -0.1) is 0 Å². The number of hydrogen-bond donors (Lipinski definition) is 5. The molecule has 1 fully saturated rings. The molecular formula is C33H51N5O8. The molecule has 0 radical (unpaired) electrons. The van der Waals surface area contributed by atoms with Gasteiger partial charge in [-0.25, -0.2) is 4.79 Å². The van der Waals surface area contributed by atoms with E-state index in [0.29, 0.717) is 17.7 Å². The first kappa shape index (κ1) is 38.0. The lowest BCUT2D eigenvalue weighted by molar-refractivity contribution is -0.146. The Morgan fingerprint density at radius 3 is 1.98 bits per heavy atom. The van der Waals surface area contributed by atoms with Crippen molar-refractivity contribution in [3.8, 4) is 5.75 Å². The van der Waals surface area contributed by atoms with E-state index in [4.69, 9.17) is 9.47 Å². The molecule has 0 bridgehead atoms. The van der Waals surface area contributed by atoms with E-state index in [2.05, 4.69) is 26.6 Å². The summed E-state index contributed by atoms with van der Waals surface area (Å²) in [7, 11) is 1.16. The van der Waals surface area contributed by atoms with E-state index < -0.39 is 77.2 Å².